The predicted molar refractivity (Wildman–Crippen MR) is 139 cm³/mol. The van der Waals surface area contributed by atoms with Gasteiger partial charge >= 0.3 is 5.69 Å². The van der Waals surface area contributed by atoms with E-state index < -0.39 is 4.92 Å². The minimum Gasteiger partial charge on any atom is -0.481 e. The number of fused-ring (bicyclic) bond motifs is 1. The summed E-state index contributed by atoms with van der Waals surface area (Å²) in [4.78, 5) is 29.1. The van der Waals surface area contributed by atoms with Gasteiger partial charge in [0.1, 0.15) is 12.4 Å². The number of nitro benzene ring substituents is 1. The molecule has 35 heavy (non-hydrogen) atoms. The second-order valence-electron chi connectivity index (χ2n) is 8.03. The van der Waals surface area contributed by atoms with Crippen LogP contribution in [-0.2, 0) is 13.0 Å². The summed E-state index contributed by atoms with van der Waals surface area (Å²) in [6, 6.07) is 17.6. The molecule has 0 amide bonds. The van der Waals surface area contributed by atoms with Crippen molar-refractivity contribution in [2.45, 2.75) is 33.3 Å². The molecule has 0 radical (unpaired) electrons. The van der Waals surface area contributed by atoms with Crippen LogP contribution in [0, 0.1) is 17.0 Å². The smallest absolute Gasteiger partial charge is 0.311 e. The number of para-hydroxylation sites is 1. The molecule has 0 N–H and O–H groups in total. The Hall–Kier alpha value is -3.85. The molecule has 0 fully saturated rings. The van der Waals surface area contributed by atoms with Crippen molar-refractivity contribution in [3.8, 4) is 5.75 Å². The van der Waals surface area contributed by atoms with E-state index in [-0.39, 0.29) is 23.6 Å². The van der Waals surface area contributed by atoms with Gasteiger partial charge in [0.2, 0.25) is 5.75 Å². The highest BCUT2D eigenvalue weighted by Gasteiger charge is 2.19. The van der Waals surface area contributed by atoms with Crippen LogP contribution in [0.25, 0.3) is 10.9 Å². The number of nitrogens with zero attached hydrogens (tertiary/aromatic N) is 4. The minimum absolute atomic E-state index is 0.0874. The monoisotopic (exact) mass is 534 g/mol. The second kappa shape index (κ2) is 10.6. The minimum atomic E-state index is -0.493. The number of hydrogen-bond donors (Lipinski definition) is 0. The maximum absolute atomic E-state index is 13.2. The molecule has 1 heterocycles. The lowest BCUT2D eigenvalue weighted by Crippen LogP contribution is -2.22. The fraction of sp³-hybridized carbons (Fsp3) is 0.192. The van der Waals surface area contributed by atoms with Gasteiger partial charge in [-0.1, -0.05) is 58.7 Å². The van der Waals surface area contributed by atoms with Gasteiger partial charge < -0.3 is 4.74 Å². The summed E-state index contributed by atoms with van der Waals surface area (Å²) in [7, 11) is 0. The first-order valence-electron chi connectivity index (χ1n) is 11.1. The van der Waals surface area contributed by atoms with Crippen LogP contribution in [0.4, 0.5) is 5.69 Å². The third-order valence-corrected chi connectivity index (χ3v) is 5.84. The van der Waals surface area contributed by atoms with E-state index in [0.717, 1.165) is 22.0 Å². The third-order valence-electron chi connectivity index (χ3n) is 5.35. The molecule has 0 saturated carbocycles. The van der Waals surface area contributed by atoms with Gasteiger partial charge in [-0.2, -0.15) is 9.78 Å². The molecular weight excluding hydrogens is 512 g/mol. The quantitative estimate of drug-likeness (QED) is 0.162. The van der Waals surface area contributed by atoms with Gasteiger partial charge in [0.05, 0.1) is 22.0 Å². The zero-order valence-electron chi connectivity index (χ0n) is 19.3. The van der Waals surface area contributed by atoms with Crippen molar-refractivity contribution in [3.63, 3.8) is 0 Å². The van der Waals surface area contributed by atoms with E-state index in [9.17, 15) is 14.9 Å². The van der Waals surface area contributed by atoms with Crippen LogP contribution in [0.2, 0.25) is 0 Å². The Morgan fingerprint density at radius 1 is 1.17 bits per heavy atom. The number of aryl methyl sites for hydroxylation is 2. The van der Waals surface area contributed by atoms with Crippen molar-refractivity contribution in [2.75, 3.05) is 0 Å². The van der Waals surface area contributed by atoms with Crippen molar-refractivity contribution in [3.05, 3.63) is 108 Å². The molecular formula is C26H23BrN4O4. The molecule has 4 aromatic rings. The molecule has 0 spiro atoms. The molecule has 8 nitrogen and oxygen atoms in total. The summed E-state index contributed by atoms with van der Waals surface area (Å²) in [6.07, 6.45) is 2.72. The van der Waals surface area contributed by atoms with Crippen molar-refractivity contribution in [1.29, 1.82) is 0 Å². The first kappa shape index (κ1) is 24.3. The van der Waals surface area contributed by atoms with Crippen LogP contribution in [0.5, 0.6) is 5.75 Å². The number of halogens is 1. The van der Waals surface area contributed by atoms with Crippen LogP contribution >= 0.6 is 15.9 Å². The van der Waals surface area contributed by atoms with Gasteiger partial charge in [-0.3, -0.25) is 14.9 Å². The molecule has 178 valence electrons. The second-order valence-corrected chi connectivity index (χ2v) is 8.95. The van der Waals surface area contributed by atoms with Crippen molar-refractivity contribution < 1.29 is 9.66 Å². The Balaban J connectivity index is 1.77. The predicted octanol–water partition coefficient (Wildman–Crippen LogP) is 5.79. The van der Waals surface area contributed by atoms with E-state index in [1.54, 1.807) is 24.3 Å². The Morgan fingerprint density at radius 2 is 1.97 bits per heavy atom. The summed E-state index contributed by atoms with van der Waals surface area (Å²) in [6.45, 7) is 4.11. The number of aromatic nitrogens is 2. The number of ether oxygens (including phenoxy) is 1. The number of hydrogen-bond acceptors (Lipinski definition) is 6. The van der Waals surface area contributed by atoms with Crippen LogP contribution in [0.1, 0.15) is 35.9 Å². The van der Waals surface area contributed by atoms with Crippen molar-refractivity contribution >= 4 is 38.7 Å². The highest BCUT2D eigenvalue weighted by atomic mass is 79.9. The Morgan fingerprint density at radius 3 is 2.71 bits per heavy atom. The standard InChI is InChI=1S/C26H23BrN4O4/c1-3-6-24-29-22-12-11-20(27)14-21(22)26(32)30(24)28-15-19-9-5-10-23(31(33)34)25(19)35-16-18-8-4-7-17(2)13-18/h4-5,7-15H,3,6,16H2,1-2H3. The Kier molecular flexibility index (Phi) is 7.36. The van der Waals surface area contributed by atoms with Crippen LogP contribution < -0.4 is 10.3 Å². The van der Waals surface area contributed by atoms with Crippen LogP contribution in [-0.4, -0.2) is 20.8 Å². The van der Waals surface area contributed by atoms with Crippen LogP contribution in [0.15, 0.2) is 75.0 Å². The highest BCUT2D eigenvalue weighted by Crippen LogP contribution is 2.31. The van der Waals surface area contributed by atoms with Gasteiger partial charge in [-0.25, -0.2) is 4.98 Å². The number of nitro groups is 1. The summed E-state index contributed by atoms with van der Waals surface area (Å²) >= 11 is 3.39. The molecule has 0 bridgehead atoms. The first-order chi connectivity index (χ1) is 16.9. The van der Waals surface area contributed by atoms with Gasteiger partial charge in [-0.15, -0.1) is 0 Å². The van der Waals surface area contributed by atoms with E-state index in [4.69, 9.17) is 4.74 Å². The zero-order valence-corrected chi connectivity index (χ0v) is 20.9. The SMILES string of the molecule is CCCc1nc2ccc(Br)cc2c(=O)n1N=Cc1cccc([N+](=O)[O-])c1OCc1cccc(C)c1. The first-order valence-corrected chi connectivity index (χ1v) is 11.9. The molecule has 0 saturated heterocycles. The molecule has 4 rings (SSSR count). The molecule has 1 aromatic heterocycles. The van der Waals surface area contributed by atoms with E-state index >= 15 is 0 Å². The van der Waals surface area contributed by atoms with E-state index in [2.05, 4.69) is 26.0 Å². The van der Waals surface area contributed by atoms with E-state index in [1.807, 2.05) is 44.2 Å². The highest BCUT2D eigenvalue weighted by molar-refractivity contribution is 9.10. The topological polar surface area (TPSA) is 99.6 Å². The maximum Gasteiger partial charge on any atom is 0.311 e. The molecule has 3 aromatic carbocycles. The average Bonchev–Trinajstić information content (AvgIpc) is 2.83. The summed E-state index contributed by atoms with van der Waals surface area (Å²) in [5.74, 6) is 0.598. The number of rotatable bonds is 8. The van der Waals surface area contributed by atoms with Crippen molar-refractivity contribution in [2.24, 2.45) is 5.10 Å². The average molecular weight is 535 g/mol. The molecule has 9 heteroatoms. The van der Waals surface area contributed by atoms with E-state index in [1.165, 1.54) is 17.0 Å². The third kappa shape index (κ3) is 5.46. The lowest BCUT2D eigenvalue weighted by atomic mass is 10.1. The fourth-order valence-corrected chi connectivity index (χ4v) is 4.08. The van der Waals surface area contributed by atoms with Gasteiger partial charge in [0.15, 0.2) is 0 Å². The Labute approximate surface area is 210 Å². The zero-order chi connectivity index (χ0) is 24.9. The fourth-order valence-electron chi connectivity index (χ4n) is 3.72. The van der Waals surface area contributed by atoms with Gasteiger partial charge in [-0.05, 0) is 43.2 Å². The summed E-state index contributed by atoms with van der Waals surface area (Å²) in [5, 5.41) is 16.5. The van der Waals surface area contributed by atoms with Gasteiger partial charge in [0, 0.05) is 22.5 Å². The molecule has 0 unspecified atom stereocenters. The summed E-state index contributed by atoms with van der Waals surface area (Å²) in [5.41, 5.74) is 2.43. The van der Waals surface area contributed by atoms with Crippen LogP contribution in [0.3, 0.4) is 0 Å². The molecule has 0 aliphatic rings. The molecule has 0 atom stereocenters. The molecule has 0 aliphatic heterocycles. The summed E-state index contributed by atoms with van der Waals surface area (Å²) < 4.78 is 7.92. The maximum atomic E-state index is 13.2. The van der Waals surface area contributed by atoms with Gasteiger partial charge in [0.25, 0.3) is 5.56 Å². The number of benzene rings is 3. The lowest BCUT2D eigenvalue weighted by molar-refractivity contribution is -0.385. The van der Waals surface area contributed by atoms with E-state index in [0.29, 0.717) is 28.7 Å². The largest absolute Gasteiger partial charge is 0.481 e. The Bertz CT molecular complexity index is 1500. The molecule has 0 aliphatic carbocycles. The normalized spacial score (nSPS) is 11.3. The van der Waals surface area contributed by atoms with Crippen molar-refractivity contribution in [1.82, 2.24) is 9.66 Å². The lowest BCUT2D eigenvalue weighted by Gasteiger charge is -2.11.